The minimum atomic E-state index is -5.08. The van der Waals surface area contributed by atoms with Crippen LogP contribution in [0.2, 0.25) is 0 Å². The van der Waals surface area contributed by atoms with Crippen LogP contribution in [0.4, 0.5) is 17.6 Å². The van der Waals surface area contributed by atoms with Crippen molar-refractivity contribution in [2.45, 2.75) is 37.7 Å². The summed E-state index contributed by atoms with van der Waals surface area (Å²) in [6, 6.07) is 0. The van der Waals surface area contributed by atoms with Crippen molar-refractivity contribution in [1.82, 2.24) is 0 Å². The smallest absolute Gasteiger partial charge is 0.475 e. The molecule has 0 amide bonds. The molecule has 0 aliphatic heterocycles. The average Bonchev–Trinajstić information content (AvgIpc) is 2.33. The van der Waals surface area contributed by atoms with Gasteiger partial charge in [0.2, 0.25) is 0 Å². The zero-order valence-corrected chi connectivity index (χ0v) is 7.27. The van der Waals surface area contributed by atoms with Crippen molar-refractivity contribution < 1.29 is 27.5 Å². The van der Waals surface area contributed by atoms with Gasteiger partial charge < -0.3 is 5.11 Å². The molecule has 0 unspecified atom stereocenters. The zero-order valence-electron chi connectivity index (χ0n) is 7.27. The molecule has 0 heterocycles. The molecule has 0 saturated heterocycles. The van der Waals surface area contributed by atoms with Crippen LogP contribution in [0.5, 0.6) is 0 Å². The maximum absolute atomic E-state index is 12.4. The fraction of sp³-hybridized carbons (Fsp3) is 0.857. The van der Waals surface area contributed by atoms with Gasteiger partial charge in [0, 0.05) is 0 Å². The Balaban J connectivity index is 0.000000241. The van der Waals surface area contributed by atoms with Gasteiger partial charge >= 0.3 is 12.1 Å². The second kappa shape index (κ2) is 4.59. The quantitative estimate of drug-likeness (QED) is 0.480. The van der Waals surface area contributed by atoms with Gasteiger partial charge in [0.05, 0.1) is 0 Å². The average molecular weight is 217 g/mol. The molecule has 3 nitrogen and oxygen atoms in total. The topological polar surface area (TPSA) is 63.3 Å². The van der Waals surface area contributed by atoms with Gasteiger partial charge in [0.15, 0.2) is 5.79 Å². The van der Waals surface area contributed by atoms with E-state index in [0.29, 0.717) is 12.8 Å². The lowest BCUT2D eigenvalue weighted by Crippen LogP contribution is -2.29. The number of aliphatic carboxylic acids is 1. The van der Waals surface area contributed by atoms with Crippen molar-refractivity contribution in [2.75, 3.05) is 0 Å². The van der Waals surface area contributed by atoms with Gasteiger partial charge in [-0.2, -0.15) is 13.2 Å². The predicted molar refractivity (Wildman–Crippen MR) is 40.2 cm³/mol. The fourth-order valence-electron chi connectivity index (χ4n) is 0.963. The van der Waals surface area contributed by atoms with E-state index >= 15 is 0 Å². The molecule has 1 aliphatic carbocycles. The summed E-state index contributed by atoms with van der Waals surface area (Å²) in [5, 5.41) is 7.12. The van der Waals surface area contributed by atoms with Crippen molar-refractivity contribution in [3.05, 3.63) is 0 Å². The molecular formula is C7H11F4NO2. The highest BCUT2D eigenvalue weighted by atomic mass is 19.4. The second-order valence-corrected chi connectivity index (χ2v) is 3.04. The molecule has 0 aromatic rings. The molecule has 7 heteroatoms. The highest BCUT2D eigenvalue weighted by Crippen LogP contribution is 2.27. The van der Waals surface area contributed by atoms with Crippen LogP contribution in [-0.2, 0) is 4.79 Å². The summed E-state index contributed by atoms with van der Waals surface area (Å²) in [7, 11) is 0. The molecule has 1 rings (SSSR count). The monoisotopic (exact) mass is 217 g/mol. The second-order valence-electron chi connectivity index (χ2n) is 3.04. The van der Waals surface area contributed by atoms with Crippen molar-refractivity contribution >= 4 is 5.97 Å². The van der Waals surface area contributed by atoms with E-state index in [9.17, 15) is 17.6 Å². The molecule has 14 heavy (non-hydrogen) atoms. The molecule has 3 N–H and O–H groups in total. The van der Waals surface area contributed by atoms with Crippen LogP contribution in [-0.4, -0.2) is 23.0 Å². The lowest BCUT2D eigenvalue weighted by atomic mass is 10.2. The fourth-order valence-corrected chi connectivity index (χ4v) is 0.963. The Hall–Kier alpha value is -0.850. The summed E-state index contributed by atoms with van der Waals surface area (Å²) < 4.78 is 44.1. The van der Waals surface area contributed by atoms with E-state index in [1.807, 2.05) is 0 Å². The first-order valence-electron chi connectivity index (χ1n) is 3.93. The Morgan fingerprint density at radius 3 is 1.64 bits per heavy atom. The highest BCUT2D eigenvalue weighted by Gasteiger charge is 2.38. The summed E-state index contributed by atoms with van der Waals surface area (Å²) in [6.07, 6.45) is -2.03. The lowest BCUT2D eigenvalue weighted by molar-refractivity contribution is -0.192. The van der Waals surface area contributed by atoms with Gasteiger partial charge in [0.1, 0.15) is 0 Å². The van der Waals surface area contributed by atoms with E-state index in [0.717, 1.165) is 12.8 Å². The normalized spacial score (nSPS) is 19.8. The van der Waals surface area contributed by atoms with Crippen molar-refractivity contribution in [2.24, 2.45) is 5.73 Å². The number of alkyl halides is 4. The molecule has 84 valence electrons. The Bertz CT molecular complexity index is 194. The van der Waals surface area contributed by atoms with Gasteiger partial charge in [-0.25, -0.2) is 9.18 Å². The summed E-state index contributed by atoms with van der Waals surface area (Å²) >= 11 is 0. The first kappa shape index (κ1) is 13.2. The molecule has 0 atom stereocenters. The number of rotatable bonds is 0. The van der Waals surface area contributed by atoms with Gasteiger partial charge in [0.25, 0.3) is 0 Å². The van der Waals surface area contributed by atoms with Crippen molar-refractivity contribution in [3.8, 4) is 0 Å². The molecular weight excluding hydrogens is 206 g/mol. The number of hydrogen-bond acceptors (Lipinski definition) is 2. The number of carboxylic acid groups (broad SMARTS) is 1. The van der Waals surface area contributed by atoms with E-state index in [-0.39, 0.29) is 0 Å². The predicted octanol–water partition coefficient (Wildman–Crippen LogP) is 1.82. The number of halogens is 4. The van der Waals surface area contributed by atoms with Crippen molar-refractivity contribution in [1.29, 1.82) is 0 Å². The third-order valence-corrected chi connectivity index (χ3v) is 1.68. The van der Waals surface area contributed by atoms with Crippen LogP contribution in [0.15, 0.2) is 0 Å². The van der Waals surface area contributed by atoms with Crippen LogP contribution >= 0.6 is 0 Å². The highest BCUT2D eigenvalue weighted by molar-refractivity contribution is 5.73. The van der Waals surface area contributed by atoms with Gasteiger partial charge in [-0.15, -0.1) is 0 Å². The van der Waals surface area contributed by atoms with Crippen LogP contribution < -0.4 is 5.73 Å². The summed E-state index contributed by atoms with van der Waals surface area (Å²) in [4.78, 5) is 8.90. The number of nitrogens with two attached hydrogens (primary N) is 1. The maximum Gasteiger partial charge on any atom is 0.490 e. The standard InChI is InChI=1S/C5H10FN.C2HF3O2/c6-5(7)3-1-2-4-5;3-2(4,5)1(6)7/h1-4,7H2;(H,6,7). The van der Waals surface area contributed by atoms with Gasteiger partial charge in [-0.1, -0.05) is 0 Å². The third kappa shape index (κ3) is 5.74. The lowest BCUT2D eigenvalue weighted by Gasteiger charge is -2.08. The van der Waals surface area contributed by atoms with E-state index in [4.69, 9.17) is 15.6 Å². The minimum absolute atomic E-state index is 0.562. The van der Waals surface area contributed by atoms with Crippen LogP contribution in [0, 0.1) is 0 Å². The Labute approximate surface area is 77.9 Å². The number of carbonyl (C=O) groups is 1. The summed E-state index contributed by atoms with van der Waals surface area (Å²) in [5.74, 6) is -4.06. The van der Waals surface area contributed by atoms with Crippen LogP contribution in [0.3, 0.4) is 0 Å². The molecule has 1 fully saturated rings. The first-order chi connectivity index (χ1) is 6.15. The molecule has 0 radical (unpaired) electrons. The zero-order chi connectivity index (χ0) is 11.4. The Kier molecular flexibility index (Phi) is 4.31. The summed E-state index contributed by atoms with van der Waals surface area (Å²) in [6.45, 7) is 0. The number of carboxylic acids is 1. The first-order valence-corrected chi connectivity index (χ1v) is 3.93. The SMILES string of the molecule is NC1(F)CCCC1.O=C(O)C(F)(F)F. The molecule has 0 aromatic carbocycles. The van der Waals surface area contributed by atoms with Gasteiger partial charge in [-0.3, -0.25) is 5.73 Å². The third-order valence-electron chi connectivity index (χ3n) is 1.68. The minimum Gasteiger partial charge on any atom is -0.475 e. The van der Waals surface area contributed by atoms with Crippen molar-refractivity contribution in [3.63, 3.8) is 0 Å². The van der Waals surface area contributed by atoms with Gasteiger partial charge in [-0.05, 0) is 25.7 Å². The molecule has 1 aliphatic rings. The number of hydrogen-bond donors (Lipinski definition) is 2. The van der Waals surface area contributed by atoms with E-state index < -0.39 is 17.9 Å². The molecule has 1 saturated carbocycles. The Morgan fingerprint density at radius 1 is 1.29 bits per heavy atom. The van der Waals surface area contributed by atoms with Crippen LogP contribution in [0.1, 0.15) is 25.7 Å². The molecule has 0 aromatic heterocycles. The summed E-state index contributed by atoms with van der Waals surface area (Å²) in [5.41, 5.74) is 5.11. The van der Waals surface area contributed by atoms with Crippen LogP contribution in [0.25, 0.3) is 0 Å². The molecule has 0 bridgehead atoms. The van der Waals surface area contributed by atoms with E-state index in [2.05, 4.69) is 0 Å². The molecule has 0 spiro atoms. The Morgan fingerprint density at radius 2 is 1.57 bits per heavy atom. The largest absolute Gasteiger partial charge is 0.490 e. The van der Waals surface area contributed by atoms with E-state index in [1.54, 1.807) is 0 Å². The maximum atomic E-state index is 12.4. The van der Waals surface area contributed by atoms with E-state index in [1.165, 1.54) is 0 Å².